The number of sulfonamides is 1. The van der Waals surface area contributed by atoms with Crippen molar-refractivity contribution in [2.75, 3.05) is 4.72 Å². The number of benzene rings is 1. The maximum atomic E-state index is 12.1. The number of carbonyl (C=O) groups excluding carboxylic acids is 1. The summed E-state index contributed by atoms with van der Waals surface area (Å²) in [6, 6.07) is 5.54. The molecule has 0 aliphatic carbocycles. The SMILES string of the molecule is O=Cc1ccccc1S(=O)(=O)Nc1n[nH]cc1C(=O)O. The Bertz CT molecular complexity index is 766. The predicted octanol–water partition coefficient (Wildman–Crippen LogP) is 0.721. The first kappa shape index (κ1) is 13.7. The number of carboxylic acids is 1. The Morgan fingerprint density at radius 2 is 2.05 bits per heavy atom. The summed E-state index contributed by atoms with van der Waals surface area (Å²) < 4.78 is 26.3. The van der Waals surface area contributed by atoms with Crippen molar-refractivity contribution in [1.82, 2.24) is 10.2 Å². The van der Waals surface area contributed by atoms with Gasteiger partial charge < -0.3 is 5.11 Å². The van der Waals surface area contributed by atoms with E-state index in [4.69, 9.17) is 5.11 Å². The number of H-pyrrole nitrogens is 1. The highest BCUT2D eigenvalue weighted by atomic mass is 32.2. The first-order chi connectivity index (χ1) is 9.45. The van der Waals surface area contributed by atoms with Crippen molar-refractivity contribution in [1.29, 1.82) is 0 Å². The lowest BCUT2D eigenvalue weighted by atomic mass is 10.2. The maximum absolute atomic E-state index is 12.1. The van der Waals surface area contributed by atoms with E-state index in [9.17, 15) is 18.0 Å². The quantitative estimate of drug-likeness (QED) is 0.697. The minimum Gasteiger partial charge on any atom is -0.477 e. The first-order valence-corrected chi connectivity index (χ1v) is 6.78. The summed E-state index contributed by atoms with van der Waals surface area (Å²) in [7, 11) is -4.11. The zero-order valence-electron chi connectivity index (χ0n) is 9.90. The number of anilines is 1. The molecule has 8 nitrogen and oxygen atoms in total. The predicted molar refractivity (Wildman–Crippen MR) is 68.2 cm³/mol. The number of aldehydes is 1. The van der Waals surface area contributed by atoms with Crippen LogP contribution in [0.4, 0.5) is 5.82 Å². The number of aromatic carboxylic acids is 1. The van der Waals surface area contributed by atoms with Crippen molar-refractivity contribution in [2.24, 2.45) is 0 Å². The molecule has 2 rings (SSSR count). The summed E-state index contributed by atoms with van der Waals surface area (Å²) in [5.74, 6) is -1.68. The van der Waals surface area contributed by atoms with Gasteiger partial charge >= 0.3 is 5.97 Å². The molecule has 0 fully saturated rings. The molecule has 0 unspecified atom stereocenters. The van der Waals surface area contributed by atoms with E-state index in [0.29, 0.717) is 6.29 Å². The molecule has 1 heterocycles. The third kappa shape index (κ3) is 2.52. The molecule has 2 aromatic rings. The molecule has 0 bridgehead atoms. The van der Waals surface area contributed by atoms with Crippen LogP contribution in [0.5, 0.6) is 0 Å². The number of hydrogen-bond donors (Lipinski definition) is 3. The van der Waals surface area contributed by atoms with Gasteiger partial charge in [-0.05, 0) is 6.07 Å². The van der Waals surface area contributed by atoms with E-state index in [2.05, 4.69) is 10.2 Å². The van der Waals surface area contributed by atoms with Crippen LogP contribution in [-0.2, 0) is 10.0 Å². The normalized spacial score (nSPS) is 11.0. The van der Waals surface area contributed by atoms with Gasteiger partial charge in [-0.15, -0.1) is 0 Å². The average Bonchev–Trinajstić information content (AvgIpc) is 2.86. The van der Waals surface area contributed by atoms with Gasteiger partial charge in [0.2, 0.25) is 0 Å². The number of aromatic nitrogens is 2. The minimum absolute atomic E-state index is 0.0348. The second-order valence-corrected chi connectivity index (χ2v) is 5.36. The zero-order valence-corrected chi connectivity index (χ0v) is 10.7. The maximum Gasteiger partial charge on any atom is 0.341 e. The largest absolute Gasteiger partial charge is 0.477 e. The summed E-state index contributed by atoms with van der Waals surface area (Å²) in [6.07, 6.45) is 1.45. The number of nitrogens with zero attached hydrogens (tertiary/aromatic N) is 1. The van der Waals surface area contributed by atoms with Gasteiger partial charge in [0.1, 0.15) is 5.56 Å². The van der Waals surface area contributed by atoms with Crippen molar-refractivity contribution in [3.63, 3.8) is 0 Å². The van der Waals surface area contributed by atoms with E-state index in [1.807, 2.05) is 4.72 Å². The molecule has 0 saturated carbocycles. The zero-order chi connectivity index (χ0) is 14.8. The summed E-state index contributed by atoms with van der Waals surface area (Å²) in [5.41, 5.74) is -0.357. The van der Waals surface area contributed by atoms with Crippen molar-refractivity contribution in [2.45, 2.75) is 4.90 Å². The van der Waals surface area contributed by atoms with Crippen LogP contribution in [0.3, 0.4) is 0 Å². The molecule has 0 saturated heterocycles. The molecule has 3 N–H and O–H groups in total. The van der Waals surface area contributed by atoms with Crippen LogP contribution in [0.2, 0.25) is 0 Å². The number of carboxylic acid groups (broad SMARTS) is 1. The van der Waals surface area contributed by atoms with E-state index in [1.54, 1.807) is 0 Å². The van der Waals surface area contributed by atoms with Crippen LogP contribution in [0, 0.1) is 0 Å². The average molecular weight is 295 g/mol. The molecule has 20 heavy (non-hydrogen) atoms. The van der Waals surface area contributed by atoms with Gasteiger partial charge in [-0.25, -0.2) is 13.2 Å². The Kier molecular flexibility index (Phi) is 3.53. The van der Waals surface area contributed by atoms with Crippen LogP contribution in [0.25, 0.3) is 0 Å². The minimum atomic E-state index is -4.11. The fourth-order valence-electron chi connectivity index (χ4n) is 1.54. The molecule has 0 aliphatic rings. The van der Waals surface area contributed by atoms with Gasteiger partial charge in [0.05, 0.1) is 4.90 Å². The molecule has 0 spiro atoms. The van der Waals surface area contributed by atoms with Gasteiger partial charge in [-0.1, -0.05) is 18.2 Å². The van der Waals surface area contributed by atoms with Crippen molar-refractivity contribution in [3.8, 4) is 0 Å². The number of aromatic amines is 1. The molecular weight excluding hydrogens is 286 g/mol. The van der Waals surface area contributed by atoms with Crippen LogP contribution >= 0.6 is 0 Å². The fraction of sp³-hybridized carbons (Fsp3) is 0. The Hall–Kier alpha value is -2.68. The van der Waals surface area contributed by atoms with E-state index in [1.165, 1.54) is 24.3 Å². The number of rotatable bonds is 5. The lowest BCUT2D eigenvalue weighted by molar-refractivity contribution is 0.0698. The fourth-order valence-corrected chi connectivity index (χ4v) is 2.74. The summed E-state index contributed by atoms with van der Waals surface area (Å²) in [4.78, 5) is 21.5. The van der Waals surface area contributed by atoms with Gasteiger partial charge in [0, 0.05) is 11.8 Å². The highest BCUT2D eigenvalue weighted by molar-refractivity contribution is 7.92. The molecule has 1 aromatic heterocycles. The van der Waals surface area contributed by atoms with E-state index < -0.39 is 16.0 Å². The number of nitrogens with one attached hydrogen (secondary N) is 2. The first-order valence-electron chi connectivity index (χ1n) is 5.30. The molecule has 0 aliphatic heterocycles. The van der Waals surface area contributed by atoms with Crippen molar-refractivity contribution < 1.29 is 23.1 Å². The topological polar surface area (TPSA) is 129 Å². The summed E-state index contributed by atoms with van der Waals surface area (Å²) in [6.45, 7) is 0. The standard InChI is InChI=1S/C11H9N3O5S/c15-6-7-3-1-2-4-9(7)20(18,19)14-10-8(11(16)17)5-12-13-10/h1-6H,(H,16,17)(H2,12,13,14). The molecule has 0 amide bonds. The van der Waals surface area contributed by atoms with Crippen molar-refractivity contribution >= 4 is 28.1 Å². The molecule has 0 atom stereocenters. The van der Waals surface area contributed by atoms with Crippen LogP contribution < -0.4 is 4.72 Å². The molecule has 1 aromatic carbocycles. The summed E-state index contributed by atoms with van der Waals surface area (Å²) in [5, 5.41) is 14.6. The molecule has 104 valence electrons. The molecule has 0 radical (unpaired) electrons. The van der Waals surface area contributed by atoms with Crippen molar-refractivity contribution in [3.05, 3.63) is 41.6 Å². The van der Waals surface area contributed by atoms with Crippen LogP contribution in [0.15, 0.2) is 35.4 Å². The Labute approximate surface area is 113 Å². The Morgan fingerprint density at radius 1 is 1.35 bits per heavy atom. The van der Waals surface area contributed by atoms with E-state index >= 15 is 0 Å². The summed E-state index contributed by atoms with van der Waals surface area (Å²) >= 11 is 0. The highest BCUT2D eigenvalue weighted by Gasteiger charge is 2.22. The lowest BCUT2D eigenvalue weighted by Crippen LogP contribution is -2.17. The van der Waals surface area contributed by atoms with Gasteiger partial charge in [0.25, 0.3) is 10.0 Å². The van der Waals surface area contributed by atoms with E-state index in [-0.39, 0.29) is 21.8 Å². The number of carbonyl (C=O) groups is 2. The van der Waals surface area contributed by atoms with E-state index in [0.717, 1.165) is 6.20 Å². The second-order valence-electron chi connectivity index (χ2n) is 3.71. The second kappa shape index (κ2) is 5.13. The lowest BCUT2D eigenvalue weighted by Gasteiger charge is -2.08. The third-order valence-electron chi connectivity index (χ3n) is 2.44. The Morgan fingerprint density at radius 3 is 2.70 bits per heavy atom. The molecule has 9 heteroatoms. The smallest absolute Gasteiger partial charge is 0.341 e. The van der Waals surface area contributed by atoms with Gasteiger partial charge in [0.15, 0.2) is 12.1 Å². The van der Waals surface area contributed by atoms with Gasteiger partial charge in [-0.2, -0.15) is 5.10 Å². The Balaban J connectivity index is 2.44. The monoisotopic (exact) mass is 295 g/mol. The van der Waals surface area contributed by atoms with Crippen LogP contribution in [0.1, 0.15) is 20.7 Å². The highest BCUT2D eigenvalue weighted by Crippen LogP contribution is 2.19. The number of hydrogen-bond acceptors (Lipinski definition) is 5. The molecular formula is C11H9N3O5S. The van der Waals surface area contributed by atoms with Crippen LogP contribution in [-0.4, -0.2) is 36.0 Å². The van der Waals surface area contributed by atoms with Gasteiger partial charge in [-0.3, -0.25) is 14.6 Å². The third-order valence-corrected chi connectivity index (χ3v) is 3.85.